The van der Waals surface area contributed by atoms with Crippen LogP contribution in [0.2, 0.25) is 0 Å². The predicted molar refractivity (Wildman–Crippen MR) is 53.8 cm³/mol. The van der Waals surface area contributed by atoms with Gasteiger partial charge >= 0.3 is 0 Å². The van der Waals surface area contributed by atoms with Gasteiger partial charge in [0, 0.05) is 6.04 Å². The summed E-state index contributed by atoms with van der Waals surface area (Å²) in [4.78, 5) is 0. The van der Waals surface area contributed by atoms with Crippen LogP contribution in [0.5, 0.6) is 0 Å². The third kappa shape index (κ3) is 1.61. The van der Waals surface area contributed by atoms with Crippen molar-refractivity contribution in [3.05, 3.63) is 0 Å². The van der Waals surface area contributed by atoms with Gasteiger partial charge in [0.05, 0.1) is 23.7 Å². The summed E-state index contributed by atoms with van der Waals surface area (Å²) < 4.78 is 5.76. The highest BCUT2D eigenvalue weighted by Crippen LogP contribution is 2.36. The van der Waals surface area contributed by atoms with Gasteiger partial charge in [-0.15, -0.1) is 11.8 Å². The van der Waals surface area contributed by atoms with Crippen LogP contribution in [-0.4, -0.2) is 41.1 Å². The Bertz CT molecular complexity index is 202. The van der Waals surface area contributed by atoms with Gasteiger partial charge in [-0.2, -0.15) is 0 Å². The lowest BCUT2D eigenvalue weighted by molar-refractivity contribution is -0.0497. The summed E-state index contributed by atoms with van der Waals surface area (Å²) in [5.74, 6) is 0. The van der Waals surface area contributed by atoms with Crippen molar-refractivity contribution in [2.75, 3.05) is 12.9 Å². The normalized spacial score (nSPS) is 50.5. The maximum Gasteiger partial charge on any atom is 0.0926 e. The van der Waals surface area contributed by atoms with E-state index < -0.39 is 0 Å². The highest BCUT2D eigenvalue weighted by Gasteiger charge is 2.45. The Morgan fingerprint density at radius 3 is 3.08 bits per heavy atom. The number of thioether (sulfide) groups is 1. The molecule has 3 rings (SSSR count). The number of nitrogens with one attached hydrogen (secondary N) is 1. The fourth-order valence-electron chi connectivity index (χ4n) is 2.19. The third-order valence-corrected chi connectivity index (χ3v) is 4.26. The Labute approximate surface area is 83.2 Å². The molecule has 0 saturated carbocycles. The van der Waals surface area contributed by atoms with E-state index in [2.05, 4.69) is 18.5 Å². The Hall–Kier alpha value is 0.230. The number of ether oxygens (including phenoxy) is 1. The second-order valence-corrected chi connectivity index (χ2v) is 5.06. The van der Waals surface area contributed by atoms with E-state index in [0.29, 0.717) is 12.0 Å². The topological polar surface area (TPSA) is 41.5 Å². The number of hydrogen-bond donors (Lipinski definition) is 2. The van der Waals surface area contributed by atoms with Crippen molar-refractivity contribution >= 4 is 11.8 Å². The molecule has 0 aromatic carbocycles. The van der Waals surface area contributed by atoms with E-state index in [1.807, 2.05) is 0 Å². The van der Waals surface area contributed by atoms with Crippen molar-refractivity contribution in [2.45, 2.75) is 42.9 Å². The molecular weight excluding hydrogens is 186 g/mol. The largest absolute Gasteiger partial charge is 0.389 e. The molecule has 13 heavy (non-hydrogen) atoms. The predicted octanol–water partition coefficient (Wildman–Crippen LogP) is 0.577. The van der Waals surface area contributed by atoms with Gasteiger partial charge in [0.25, 0.3) is 0 Å². The number of hydrogen-bond acceptors (Lipinski definition) is 4. The molecule has 0 amide bonds. The summed E-state index contributed by atoms with van der Waals surface area (Å²) in [5, 5.41) is 13.5. The molecule has 4 atom stereocenters. The maximum atomic E-state index is 9.71. The molecule has 3 nitrogen and oxygen atoms in total. The van der Waals surface area contributed by atoms with Crippen molar-refractivity contribution in [3.63, 3.8) is 0 Å². The molecule has 3 heterocycles. The van der Waals surface area contributed by atoms with E-state index in [1.54, 1.807) is 11.8 Å². The number of piperidine rings is 1. The molecular formula is C9H17NO2S. The summed E-state index contributed by atoms with van der Waals surface area (Å²) in [5.41, 5.74) is -0.0899. The van der Waals surface area contributed by atoms with E-state index in [9.17, 15) is 5.11 Å². The summed E-state index contributed by atoms with van der Waals surface area (Å²) in [7, 11) is 0. The molecule has 0 spiro atoms. The van der Waals surface area contributed by atoms with E-state index >= 15 is 0 Å². The lowest BCUT2D eigenvalue weighted by atomic mass is 9.91. The maximum absolute atomic E-state index is 9.71. The minimum atomic E-state index is -0.334. The summed E-state index contributed by atoms with van der Waals surface area (Å²) in [6.45, 7) is 2.61. The Morgan fingerprint density at radius 2 is 2.38 bits per heavy atom. The van der Waals surface area contributed by atoms with Crippen LogP contribution in [0.15, 0.2) is 0 Å². The minimum Gasteiger partial charge on any atom is -0.389 e. The first-order valence-corrected chi connectivity index (χ1v) is 6.05. The van der Waals surface area contributed by atoms with Gasteiger partial charge in [0.15, 0.2) is 0 Å². The zero-order chi connectivity index (χ0) is 9.47. The highest BCUT2D eigenvalue weighted by molar-refractivity contribution is 7.99. The molecule has 3 aliphatic rings. The van der Waals surface area contributed by atoms with Crippen molar-refractivity contribution in [1.82, 2.24) is 5.32 Å². The van der Waals surface area contributed by atoms with Gasteiger partial charge in [-0.3, -0.25) is 5.32 Å². The molecule has 4 heteroatoms. The van der Waals surface area contributed by atoms with Gasteiger partial charge in [0.1, 0.15) is 0 Å². The fourth-order valence-corrected chi connectivity index (χ4v) is 3.18. The number of aliphatic hydroxyl groups excluding tert-OH is 1. The van der Waals surface area contributed by atoms with Crippen LogP contribution in [0.1, 0.15) is 19.8 Å². The van der Waals surface area contributed by atoms with Crippen LogP contribution in [-0.2, 0) is 4.74 Å². The monoisotopic (exact) mass is 203 g/mol. The Morgan fingerprint density at radius 1 is 1.62 bits per heavy atom. The van der Waals surface area contributed by atoms with Crippen LogP contribution >= 0.6 is 11.8 Å². The van der Waals surface area contributed by atoms with E-state index in [1.165, 1.54) is 0 Å². The molecule has 3 saturated heterocycles. The first-order chi connectivity index (χ1) is 6.15. The average Bonchev–Trinajstić information content (AvgIpc) is 2.34. The van der Waals surface area contributed by atoms with Crippen molar-refractivity contribution in [2.24, 2.45) is 0 Å². The second-order valence-electron chi connectivity index (χ2n) is 4.12. The first kappa shape index (κ1) is 9.77. The summed E-state index contributed by atoms with van der Waals surface area (Å²) in [6.07, 6.45) is 3.82. The molecule has 3 fully saturated rings. The molecule has 2 bridgehead atoms. The van der Waals surface area contributed by atoms with Gasteiger partial charge in [-0.05, 0) is 26.0 Å². The van der Waals surface area contributed by atoms with Crippen molar-refractivity contribution < 1.29 is 9.84 Å². The number of aliphatic hydroxyl groups is 1. The molecule has 0 aromatic rings. The number of fused-ring (bicyclic) bond motifs is 4. The van der Waals surface area contributed by atoms with Gasteiger partial charge < -0.3 is 9.84 Å². The van der Waals surface area contributed by atoms with Crippen LogP contribution in [0.4, 0.5) is 0 Å². The van der Waals surface area contributed by atoms with Gasteiger partial charge in [0.2, 0.25) is 0 Å². The molecule has 0 aliphatic carbocycles. The highest BCUT2D eigenvalue weighted by atomic mass is 32.2. The van der Waals surface area contributed by atoms with E-state index in [0.717, 1.165) is 12.8 Å². The smallest absolute Gasteiger partial charge is 0.0926 e. The lowest BCUT2D eigenvalue weighted by Crippen LogP contribution is -2.55. The van der Waals surface area contributed by atoms with E-state index in [-0.39, 0.29) is 17.7 Å². The van der Waals surface area contributed by atoms with Crippen molar-refractivity contribution in [3.8, 4) is 0 Å². The standard InChI is InChI=1S/C9H17NO2S/c1-9-4-3-6(7(11)5-12-9)10-8(9)13-2/h6-8,10-11H,3-5H2,1-2H3/t6-,7-,8?,9?/m1/s1. The quantitative estimate of drug-likeness (QED) is 0.654. The third-order valence-electron chi connectivity index (χ3n) is 3.16. The Balaban J connectivity index is 2.19. The van der Waals surface area contributed by atoms with E-state index in [4.69, 9.17) is 4.74 Å². The van der Waals surface area contributed by atoms with Gasteiger partial charge in [-0.25, -0.2) is 0 Å². The average molecular weight is 203 g/mol. The van der Waals surface area contributed by atoms with Crippen molar-refractivity contribution in [1.29, 1.82) is 0 Å². The summed E-state index contributed by atoms with van der Waals surface area (Å²) in [6, 6.07) is 0.230. The van der Waals surface area contributed by atoms with Crippen LogP contribution in [0.25, 0.3) is 0 Å². The molecule has 3 aliphatic heterocycles. The van der Waals surface area contributed by atoms with Gasteiger partial charge in [-0.1, -0.05) is 0 Å². The zero-order valence-electron chi connectivity index (χ0n) is 8.12. The molecule has 0 radical (unpaired) electrons. The fraction of sp³-hybridized carbons (Fsp3) is 1.00. The second kappa shape index (κ2) is 3.42. The summed E-state index contributed by atoms with van der Waals surface area (Å²) >= 11 is 1.78. The molecule has 2 N–H and O–H groups in total. The Kier molecular flexibility index (Phi) is 2.57. The number of rotatable bonds is 1. The zero-order valence-corrected chi connectivity index (χ0v) is 8.93. The van der Waals surface area contributed by atoms with Crippen LogP contribution < -0.4 is 5.32 Å². The molecule has 76 valence electrons. The minimum absolute atomic E-state index is 0.0899. The SMILES string of the molecule is CSC1N[C@@H]2CCC1(C)OC[C@H]2O. The first-order valence-electron chi connectivity index (χ1n) is 4.76. The van der Waals surface area contributed by atoms with Crippen LogP contribution in [0.3, 0.4) is 0 Å². The molecule has 2 unspecified atom stereocenters. The lowest BCUT2D eigenvalue weighted by Gasteiger charge is -2.40. The molecule has 0 aromatic heterocycles. The van der Waals surface area contributed by atoms with Crippen LogP contribution in [0, 0.1) is 0 Å².